The molecule has 2 N–H and O–H groups in total. The molecule has 0 fully saturated rings. The van der Waals surface area contributed by atoms with Crippen molar-refractivity contribution in [3.63, 3.8) is 0 Å². The zero-order chi connectivity index (χ0) is 10.8. The van der Waals surface area contributed by atoms with Gasteiger partial charge in [0, 0.05) is 25.5 Å². The largest absolute Gasteiger partial charge is 0.340 e. The van der Waals surface area contributed by atoms with Crippen LogP contribution in [0.4, 0.5) is 0 Å². The van der Waals surface area contributed by atoms with Gasteiger partial charge in [-0.15, -0.1) is 10.2 Å². The minimum atomic E-state index is 0.158. The molecule has 0 aliphatic rings. The topological polar surface area (TPSA) is 61.7 Å². The van der Waals surface area contributed by atoms with E-state index in [2.05, 4.69) is 21.7 Å². The van der Waals surface area contributed by atoms with Crippen molar-refractivity contribution in [2.24, 2.45) is 12.8 Å². The highest BCUT2D eigenvalue weighted by molar-refractivity contribution is 5.11. The zero-order valence-electron chi connectivity index (χ0n) is 8.96. The molecule has 15 heavy (non-hydrogen) atoms. The molecule has 0 saturated heterocycles. The van der Waals surface area contributed by atoms with Crippen LogP contribution in [-0.4, -0.2) is 19.3 Å². The molecule has 2 heterocycles. The van der Waals surface area contributed by atoms with Crippen molar-refractivity contribution < 1.29 is 0 Å². The number of aryl methyl sites for hydroxylation is 1. The number of nitrogens with two attached hydrogens (primary N) is 1. The second kappa shape index (κ2) is 3.86. The highest BCUT2D eigenvalue weighted by Crippen LogP contribution is 2.17. The fourth-order valence-electron chi connectivity index (χ4n) is 1.77. The Morgan fingerprint density at radius 2 is 2.33 bits per heavy atom. The molecule has 1 unspecified atom stereocenters. The number of aromatic nitrogens is 4. The van der Waals surface area contributed by atoms with Gasteiger partial charge in [0.2, 0.25) is 0 Å². The predicted molar refractivity (Wildman–Crippen MR) is 57.1 cm³/mol. The summed E-state index contributed by atoms with van der Waals surface area (Å²) in [6.07, 6.45) is 3.72. The van der Waals surface area contributed by atoms with E-state index in [4.69, 9.17) is 5.73 Å². The first-order valence-electron chi connectivity index (χ1n) is 4.93. The monoisotopic (exact) mass is 205 g/mol. The van der Waals surface area contributed by atoms with Crippen LogP contribution < -0.4 is 5.73 Å². The second-order valence-corrected chi connectivity index (χ2v) is 3.59. The Bertz CT molecular complexity index is 442. The minimum Gasteiger partial charge on any atom is -0.340 e. The molecule has 0 bridgehead atoms. The van der Waals surface area contributed by atoms with E-state index in [1.54, 1.807) is 6.33 Å². The van der Waals surface area contributed by atoms with Crippen molar-refractivity contribution in [1.82, 2.24) is 19.3 Å². The summed E-state index contributed by atoms with van der Waals surface area (Å²) in [6.45, 7) is 2.62. The summed E-state index contributed by atoms with van der Waals surface area (Å²) in [5, 5.41) is 7.97. The van der Waals surface area contributed by atoms with Crippen molar-refractivity contribution in [1.29, 1.82) is 0 Å². The van der Waals surface area contributed by atoms with Gasteiger partial charge in [0.25, 0.3) is 0 Å². The van der Waals surface area contributed by atoms with E-state index in [1.807, 2.05) is 29.9 Å². The Morgan fingerprint density at radius 1 is 1.53 bits per heavy atom. The van der Waals surface area contributed by atoms with Gasteiger partial charge in [-0.25, -0.2) is 0 Å². The summed E-state index contributed by atoms with van der Waals surface area (Å²) in [7, 11) is 1.94. The molecule has 0 saturated carbocycles. The van der Waals surface area contributed by atoms with Crippen LogP contribution in [0.5, 0.6) is 0 Å². The number of nitrogens with zero attached hydrogens (tertiary/aromatic N) is 4. The molecule has 2 aromatic rings. The average Bonchev–Trinajstić information content (AvgIpc) is 2.84. The lowest BCUT2D eigenvalue weighted by atomic mass is 10.3. The lowest BCUT2D eigenvalue weighted by molar-refractivity contribution is 0.556. The Balaban J connectivity index is 2.36. The lowest BCUT2D eigenvalue weighted by Crippen LogP contribution is -2.15. The van der Waals surface area contributed by atoms with Gasteiger partial charge in [0.15, 0.2) is 5.82 Å². The standard InChI is InChI=1S/C10H15N5/c1-8(10-13-12-7-14(10)2)15-5-3-4-9(15)6-11/h3-5,7-8H,6,11H2,1-2H3. The Labute approximate surface area is 88.5 Å². The van der Waals surface area contributed by atoms with Gasteiger partial charge in [-0.1, -0.05) is 0 Å². The molecule has 5 nitrogen and oxygen atoms in total. The molecule has 5 heteroatoms. The molecule has 2 rings (SSSR count). The highest BCUT2D eigenvalue weighted by Gasteiger charge is 2.14. The molecule has 80 valence electrons. The maximum absolute atomic E-state index is 5.66. The van der Waals surface area contributed by atoms with Crippen molar-refractivity contribution in [2.45, 2.75) is 19.5 Å². The first kappa shape index (κ1) is 9.92. The van der Waals surface area contributed by atoms with E-state index in [0.717, 1.165) is 11.5 Å². The van der Waals surface area contributed by atoms with E-state index >= 15 is 0 Å². The number of hydrogen-bond acceptors (Lipinski definition) is 3. The fraction of sp³-hybridized carbons (Fsp3) is 0.400. The van der Waals surface area contributed by atoms with Crippen molar-refractivity contribution in [2.75, 3.05) is 0 Å². The third-order valence-corrected chi connectivity index (χ3v) is 2.61. The van der Waals surface area contributed by atoms with Crippen LogP contribution in [0, 0.1) is 0 Å². The van der Waals surface area contributed by atoms with Gasteiger partial charge in [0.05, 0.1) is 6.04 Å². The summed E-state index contributed by atoms with van der Waals surface area (Å²) >= 11 is 0. The number of rotatable bonds is 3. The normalized spacial score (nSPS) is 13.0. The summed E-state index contributed by atoms with van der Waals surface area (Å²) in [5.74, 6) is 0.931. The van der Waals surface area contributed by atoms with Crippen LogP contribution in [0.15, 0.2) is 24.7 Å². The first-order chi connectivity index (χ1) is 7.24. The van der Waals surface area contributed by atoms with Gasteiger partial charge in [-0.3, -0.25) is 0 Å². The molecule has 0 aromatic carbocycles. The Hall–Kier alpha value is -1.62. The van der Waals surface area contributed by atoms with Crippen LogP contribution in [-0.2, 0) is 13.6 Å². The molecular formula is C10H15N5. The van der Waals surface area contributed by atoms with Gasteiger partial charge < -0.3 is 14.9 Å². The van der Waals surface area contributed by atoms with Crippen LogP contribution in [0.25, 0.3) is 0 Å². The first-order valence-corrected chi connectivity index (χ1v) is 4.93. The van der Waals surface area contributed by atoms with E-state index in [-0.39, 0.29) is 6.04 Å². The van der Waals surface area contributed by atoms with Crippen LogP contribution in [0.1, 0.15) is 24.5 Å². The molecule has 0 aliphatic heterocycles. The highest BCUT2D eigenvalue weighted by atomic mass is 15.3. The third-order valence-electron chi connectivity index (χ3n) is 2.61. The van der Waals surface area contributed by atoms with Crippen molar-refractivity contribution in [3.05, 3.63) is 36.2 Å². The zero-order valence-corrected chi connectivity index (χ0v) is 8.96. The van der Waals surface area contributed by atoms with Gasteiger partial charge >= 0.3 is 0 Å². The Kier molecular flexibility index (Phi) is 2.55. The van der Waals surface area contributed by atoms with Gasteiger partial charge in [0.1, 0.15) is 6.33 Å². The molecule has 0 amide bonds. The quantitative estimate of drug-likeness (QED) is 0.801. The van der Waals surface area contributed by atoms with E-state index in [9.17, 15) is 0 Å². The summed E-state index contributed by atoms with van der Waals surface area (Å²) in [6, 6.07) is 4.17. The van der Waals surface area contributed by atoms with Crippen LogP contribution in [0.3, 0.4) is 0 Å². The number of hydrogen-bond donors (Lipinski definition) is 1. The molecular weight excluding hydrogens is 190 g/mol. The summed E-state index contributed by atoms with van der Waals surface area (Å²) in [4.78, 5) is 0. The van der Waals surface area contributed by atoms with E-state index in [0.29, 0.717) is 6.54 Å². The van der Waals surface area contributed by atoms with Crippen LogP contribution in [0.2, 0.25) is 0 Å². The smallest absolute Gasteiger partial charge is 0.155 e. The van der Waals surface area contributed by atoms with Crippen molar-refractivity contribution >= 4 is 0 Å². The van der Waals surface area contributed by atoms with Crippen molar-refractivity contribution in [3.8, 4) is 0 Å². The molecule has 0 spiro atoms. The summed E-state index contributed by atoms with van der Waals surface area (Å²) in [5.41, 5.74) is 6.76. The molecule has 0 aliphatic carbocycles. The average molecular weight is 205 g/mol. The SMILES string of the molecule is CC(c1nncn1C)n1cccc1CN. The van der Waals surface area contributed by atoms with Gasteiger partial charge in [-0.2, -0.15) is 0 Å². The minimum absolute atomic E-state index is 0.158. The Morgan fingerprint density at radius 3 is 2.93 bits per heavy atom. The molecule has 0 radical (unpaired) electrons. The fourth-order valence-corrected chi connectivity index (χ4v) is 1.77. The lowest BCUT2D eigenvalue weighted by Gasteiger charge is -2.15. The molecule has 1 atom stereocenters. The molecule has 2 aromatic heterocycles. The summed E-state index contributed by atoms with van der Waals surface area (Å²) < 4.78 is 4.04. The van der Waals surface area contributed by atoms with Gasteiger partial charge in [-0.05, 0) is 19.1 Å². The third kappa shape index (κ3) is 1.66. The van der Waals surface area contributed by atoms with Crippen LogP contribution >= 0.6 is 0 Å². The van der Waals surface area contributed by atoms with E-state index in [1.165, 1.54) is 0 Å². The maximum Gasteiger partial charge on any atom is 0.155 e. The second-order valence-electron chi connectivity index (χ2n) is 3.59. The maximum atomic E-state index is 5.66. The predicted octanol–water partition coefficient (Wildman–Crippen LogP) is 0.685. The van der Waals surface area contributed by atoms with E-state index < -0.39 is 0 Å².